The molecule has 0 saturated carbocycles. The van der Waals surface area contributed by atoms with Crippen LogP contribution in [-0.4, -0.2) is 25.7 Å². The molecule has 0 saturated heterocycles. The molecule has 0 bridgehead atoms. The van der Waals surface area contributed by atoms with Crippen molar-refractivity contribution in [2.24, 2.45) is 0 Å². The third-order valence-corrected chi connectivity index (χ3v) is 3.05. The van der Waals surface area contributed by atoms with Gasteiger partial charge in [-0.1, -0.05) is 13.0 Å². The Hall–Kier alpha value is -0.940. The van der Waals surface area contributed by atoms with Gasteiger partial charge in [0, 0.05) is 11.6 Å². The average Bonchev–Trinajstić information content (AvgIpc) is 2.28. The minimum Gasteiger partial charge on any atom is -0.383 e. The monoisotopic (exact) mass is 303 g/mol. The van der Waals surface area contributed by atoms with Crippen molar-refractivity contribution < 1.29 is 13.9 Å². The maximum atomic E-state index is 13.5. The zero-order valence-electron chi connectivity index (χ0n) is 9.80. The second-order valence-corrected chi connectivity index (χ2v) is 4.48. The first kappa shape index (κ1) is 14.1. The van der Waals surface area contributed by atoms with E-state index < -0.39 is 11.7 Å². The maximum Gasteiger partial charge on any atom is 0.255 e. The van der Waals surface area contributed by atoms with E-state index in [-0.39, 0.29) is 11.6 Å². The summed E-state index contributed by atoms with van der Waals surface area (Å²) in [7, 11) is 1.56. The summed E-state index contributed by atoms with van der Waals surface area (Å²) in [6, 6.07) is 4.33. The Balaban J connectivity index is 2.82. The zero-order valence-corrected chi connectivity index (χ0v) is 11.4. The van der Waals surface area contributed by atoms with E-state index in [2.05, 4.69) is 21.2 Å². The molecule has 17 heavy (non-hydrogen) atoms. The number of ether oxygens (including phenoxy) is 1. The third-order valence-electron chi connectivity index (χ3n) is 2.39. The van der Waals surface area contributed by atoms with E-state index in [1.165, 1.54) is 6.07 Å². The average molecular weight is 304 g/mol. The molecule has 1 aromatic carbocycles. The van der Waals surface area contributed by atoms with Crippen molar-refractivity contribution in [3.05, 3.63) is 34.1 Å². The molecule has 1 N–H and O–H groups in total. The van der Waals surface area contributed by atoms with Crippen LogP contribution in [0.3, 0.4) is 0 Å². The molecule has 1 aromatic rings. The second kappa shape index (κ2) is 6.71. The molecule has 1 amide bonds. The van der Waals surface area contributed by atoms with Gasteiger partial charge in [-0.05, 0) is 34.5 Å². The van der Waals surface area contributed by atoms with Crippen molar-refractivity contribution >= 4 is 21.8 Å². The summed E-state index contributed by atoms with van der Waals surface area (Å²) in [5.74, 6) is -0.969. The molecule has 0 spiro atoms. The van der Waals surface area contributed by atoms with Crippen LogP contribution in [0.4, 0.5) is 4.39 Å². The molecule has 5 heteroatoms. The van der Waals surface area contributed by atoms with Crippen LogP contribution in [0, 0.1) is 5.82 Å². The van der Waals surface area contributed by atoms with E-state index >= 15 is 0 Å². The van der Waals surface area contributed by atoms with Crippen molar-refractivity contribution in [1.82, 2.24) is 5.32 Å². The summed E-state index contributed by atoms with van der Waals surface area (Å²) in [5.41, 5.74) is 0.0297. The lowest BCUT2D eigenvalue weighted by Crippen LogP contribution is -2.38. The third kappa shape index (κ3) is 3.78. The van der Waals surface area contributed by atoms with Gasteiger partial charge in [-0.2, -0.15) is 0 Å². The molecular weight excluding hydrogens is 289 g/mol. The van der Waals surface area contributed by atoms with Crippen LogP contribution < -0.4 is 5.32 Å². The topological polar surface area (TPSA) is 38.3 Å². The van der Waals surface area contributed by atoms with Gasteiger partial charge >= 0.3 is 0 Å². The molecule has 0 aromatic heterocycles. The number of hydrogen-bond acceptors (Lipinski definition) is 2. The number of rotatable bonds is 5. The van der Waals surface area contributed by atoms with Gasteiger partial charge in [0.1, 0.15) is 5.82 Å². The number of benzene rings is 1. The molecule has 0 aliphatic heterocycles. The van der Waals surface area contributed by atoms with Crippen molar-refractivity contribution in [1.29, 1.82) is 0 Å². The number of halogens is 2. The highest BCUT2D eigenvalue weighted by Crippen LogP contribution is 2.19. The lowest BCUT2D eigenvalue weighted by atomic mass is 10.1. The Kier molecular flexibility index (Phi) is 5.58. The lowest BCUT2D eigenvalue weighted by molar-refractivity contribution is 0.0890. The van der Waals surface area contributed by atoms with E-state index in [9.17, 15) is 9.18 Å². The van der Waals surface area contributed by atoms with Crippen LogP contribution in [0.2, 0.25) is 0 Å². The molecular formula is C12H15BrFNO2. The number of methoxy groups -OCH3 is 1. The molecule has 0 fully saturated rings. The Morgan fingerprint density at radius 3 is 2.82 bits per heavy atom. The zero-order chi connectivity index (χ0) is 12.8. The summed E-state index contributed by atoms with van der Waals surface area (Å²) >= 11 is 3.17. The number of carbonyl (C=O) groups excluding carboxylic acids is 1. The van der Waals surface area contributed by atoms with Crippen molar-refractivity contribution in [2.75, 3.05) is 13.7 Å². The Morgan fingerprint density at radius 2 is 2.29 bits per heavy atom. The molecule has 0 heterocycles. The molecule has 0 aliphatic carbocycles. The molecule has 94 valence electrons. The van der Waals surface area contributed by atoms with Gasteiger partial charge in [0.2, 0.25) is 0 Å². The molecule has 0 aliphatic rings. The summed E-state index contributed by atoms with van der Waals surface area (Å²) in [5, 5.41) is 2.73. The van der Waals surface area contributed by atoms with Gasteiger partial charge in [-0.3, -0.25) is 4.79 Å². The SMILES string of the molecule is CCC(COC)NC(=O)c1c(F)cccc1Br. The lowest BCUT2D eigenvalue weighted by Gasteiger charge is -2.16. The minimum atomic E-state index is -0.538. The summed E-state index contributed by atoms with van der Waals surface area (Å²) in [6.45, 7) is 2.34. The van der Waals surface area contributed by atoms with Crippen LogP contribution in [0.25, 0.3) is 0 Å². The Bertz CT molecular complexity index is 378. The molecule has 1 unspecified atom stereocenters. The fraction of sp³-hybridized carbons (Fsp3) is 0.417. The number of nitrogens with one attached hydrogen (secondary N) is 1. The summed E-state index contributed by atoms with van der Waals surface area (Å²) in [4.78, 5) is 11.9. The van der Waals surface area contributed by atoms with Gasteiger partial charge in [0.25, 0.3) is 5.91 Å². The van der Waals surface area contributed by atoms with Gasteiger partial charge in [0.15, 0.2) is 0 Å². The van der Waals surface area contributed by atoms with Crippen LogP contribution >= 0.6 is 15.9 Å². The van der Waals surface area contributed by atoms with Crippen molar-refractivity contribution in [3.63, 3.8) is 0 Å². The second-order valence-electron chi connectivity index (χ2n) is 3.63. The van der Waals surface area contributed by atoms with Gasteiger partial charge in [0.05, 0.1) is 18.2 Å². The molecule has 3 nitrogen and oxygen atoms in total. The van der Waals surface area contributed by atoms with E-state index in [0.717, 1.165) is 6.42 Å². The van der Waals surface area contributed by atoms with Crippen LogP contribution in [0.1, 0.15) is 23.7 Å². The van der Waals surface area contributed by atoms with Gasteiger partial charge < -0.3 is 10.1 Å². The smallest absolute Gasteiger partial charge is 0.255 e. The number of hydrogen-bond donors (Lipinski definition) is 1. The first-order chi connectivity index (χ1) is 8.10. The number of carbonyl (C=O) groups is 1. The van der Waals surface area contributed by atoms with Crippen LogP contribution in [0.15, 0.2) is 22.7 Å². The number of amides is 1. The van der Waals surface area contributed by atoms with Crippen molar-refractivity contribution in [3.8, 4) is 0 Å². The van der Waals surface area contributed by atoms with Crippen molar-refractivity contribution in [2.45, 2.75) is 19.4 Å². The fourth-order valence-corrected chi connectivity index (χ4v) is 1.96. The van der Waals surface area contributed by atoms with Crippen LogP contribution in [-0.2, 0) is 4.74 Å². The highest BCUT2D eigenvalue weighted by Gasteiger charge is 2.18. The molecule has 0 radical (unpaired) electrons. The first-order valence-electron chi connectivity index (χ1n) is 5.34. The molecule has 1 rings (SSSR count). The van der Waals surface area contributed by atoms with E-state index in [4.69, 9.17) is 4.74 Å². The Morgan fingerprint density at radius 1 is 1.59 bits per heavy atom. The first-order valence-corrected chi connectivity index (χ1v) is 6.13. The standard InChI is InChI=1S/C12H15BrFNO2/c1-3-8(7-17-2)15-12(16)11-9(13)5-4-6-10(11)14/h4-6,8H,3,7H2,1-2H3,(H,15,16). The van der Waals surface area contributed by atoms with Gasteiger partial charge in [-0.25, -0.2) is 4.39 Å². The minimum absolute atomic E-state index is 0.0297. The highest BCUT2D eigenvalue weighted by molar-refractivity contribution is 9.10. The maximum absolute atomic E-state index is 13.5. The predicted octanol–water partition coefficient (Wildman–Crippen LogP) is 2.74. The van der Waals surface area contributed by atoms with E-state index in [0.29, 0.717) is 11.1 Å². The highest BCUT2D eigenvalue weighted by atomic mass is 79.9. The quantitative estimate of drug-likeness (QED) is 0.908. The predicted molar refractivity (Wildman–Crippen MR) is 67.5 cm³/mol. The molecule has 1 atom stereocenters. The van der Waals surface area contributed by atoms with E-state index in [1.807, 2.05) is 6.92 Å². The van der Waals surface area contributed by atoms with Gasteiger partial charge in [-0.15, -0.1) is 0 Å². The Labute approximate surface area is 108 Å². The van der Waals surface area contributed by atoms with E-state index in [1.54, 1.807) is 19.2 Å². The normalized spacial score (nSPS) is 12.2. The summed E-state index contributed by atoms with van der Waals surface area (Å²) < 4.78 is 18.9. The largest absolute Gasteiger partial charge is 0.383 e. The fourth-order valence-electron chi connectivity index (χ4n) is 1.44. The van der Waals surface area contributed by atoms with Crippen LogP contribution in [0.5, 0.6) is 0 Å². The summed E-state index contributed by atoms with van der Waals surface area (Å²) in [6.07, 6.45) is 0.728.